The summed E-state index contributed by atoms with van der Waals surface area (Å²) < 4.78 is 19.6. The van der Waals surface area contributed by atoms with Gasteiger partial charge in [0.25, 0.3) is 0 Å². The average Bonchev–Trinajstić information content (AvgIpc) is 3.19. The Morgan fingerprint density at radius 1 is 1.23 bits per heavy atom. The topological polar surface area (TPSA) is 71.3 Å². The van der Waals surface area contributed by atoms with Crippen LogP contribution in [0.3, 0.4) is 0 Å². The molecule has 1 aliphatic rings. The van der Waals surface area contributed by atoms with Gasteiger partial charge in [-0.25, -0.2) is 4.39 Å². The lowest BCUT2D eigenvalue weighted by atomic mass is 9.95. The fourth-order valence-electron chi connectivity index (χ4n) is 3.58. The van der Waals surface area contributed by atoms with Crippen molar-refractivity contribution < 1.29 is 13.7 Å². The molecule has 4 rings (SSSR count). The molecular formula is C22H22FIN4O2. The van der Waals surface area contributed by atoms with Crippen LogP contribution >= 0.6 is 22.6 Å². The lowest BCUT2D eigenvalue weighted by Gasteiger charge is -2.30. The second kappa shape index (κ2) is 9.22. The van der Waals surface area contributed by atoms with E-state index >= 15 is 0 Å². The predicted octanol–water partition coefficient (Wildman–Crippen LogP) is 4.64. The summed E-state index contributed by atoms with van der Waals surface area (Å²) in [5.41, 5.74) is 2.66. The number of likely N-dealkylation sites (tertiary alicyclic amines) is 1. The number of nitrogens with one attached hydrogen (secondary N) is 1. The van der Waals surface area contributed by atoms with Crippen molar-refractivity contribution in [1.82, 2.24) is 15.0 Å². The van der Waals surface area contributed by atoms with Crippen LogP contribution in [0.4, 0.5) is 10.1 Å². The van der Waals surface area contributed by atoms with Crippen LogP contribution in [0.15, 0.2) is 47.0 Å². The molecular weight excluding hydrogens is 498 g/mol. The van der Waals surface area contributed by atoms with Gasteiger partial charge in [-0.1, -0.05) is 5.16 Å². The highest BCUT2D eigenvalue weighted by Gasteiger charge is 2.26. The summed E-state index contributed by atoms with van der Waals surface area (Å²) in [7, 11) is 0. The normalized spacial score (nSPS) is 15.3. The zero-order valence-corrected chi connectivity index (χ0v) is 18.7. The van der Waals surface area contributed by atoms with E-state index in [1.807, 2.05) is 19.1 Å². The maximum atomic E-state index is 13.1. The molecule has 1 aromatic heterocycles. The third-order valence-electron chi connectivity index (χ3n) is 5.33. The van der Waals surface area contributed by atoms with E-state index in [-0.39, 0.29) is 17.6 Å². The lowest BCUT2D eigenvalue weighted by molar-refractivity contribution is -0.121. The first kappa shape index (κ1) is 20.9. The van der Waals surface area contributed by atoms with E-state index in [2.05, 4.69) is 49.0 Å². The SMILES string of the molecule is Cc1cc(I)ccc1NC(=O)C1CCN(Cc2nc(-c3ccc(F)cc3)no2)CC1. The fraction of sp³-hybridized carbons (Fsp3) is 0.318. The summed E-state index contributed by atoms with van der Waals surface area (Å²) in [6.07, 6.45) is 1.57. The number of hydrogen-bond donors (Lipinski definition) is 1. The van der Waals surface area contributed by atoms with Gasteiger partial charge in [-0.15, -0.1) is 0 Å². The largest absolute Gasteiger partial charge is 0.338 e. The summed E-state index contributed by atoms with van der Waals surface area (Å²) in [5.74, 6) is 0.748. The predicted molar refractivity (Wildman–Crippen MR) is 120 cm³/mol. The van der Waals surface area contributed by atoms with Crippen LogP contribution in [0.25, 0.3) is 11.4 Å². The number of amides is 1. The van der Waals surface area contributed by atoms with Crippen molar-refractivity contribution in [2.45, 2.75) is 26.3 Å². The van der Waals surface area contributed by atoms with E-state index in [0.29, 0.717) is 23.8 Å². The molecule has 156 valence electrons. The van der Waals surface area contributed by atoms with Gasteiger partial charge in [0.2, 0.25) is 17.6 Å². The Morgan fingerprint density at radius 3 is 2.67 bits per heavy atom. The van der Waals surface area contributed by atoms with E-state index < -0.39 is 0 Å². The number of carbonyl (C=O) groups is 1. The Balaban J connectivity index is 1.29. The van der Waals surface area contributed by atoms with Crippen LogP contribution in [0.2, 0.25) is 0 Å². The number of benzene rings is 2. The minimum atomic E-state index is -0.299. The molecule has 2 heterocycles. The van der Waals surface area contributed by atoms with Crippen molar-refractivity contribution in [2.75, 3.05) is 18.4 Å². The Kier molecular flexibility index (Phi) is 6.43. The minimum absolute atomic E-state index is 0.00242. The number of aryl methyl sites for hydroxylation is 1. The van der Waals surface area contributed by atoms with Gasteiger partial charge < -0.3 is 9.84 Å². The van der Waals surface area contributed by atoms with Crippen LogP contribution in [-0.2, 0) is 11.3 Å². The molecule has 0 bridgehead atoms. The van der Waals surface area contributed by atoms with E-state index in [9.17, 15) is 9.18 Å². The molecule has 1 amide bonds. The number of rotatable bonds is 5. The van der Waals surface area contributed by atoms with Crippen molar-refractivity contribution in [3.63, 3.8) is 0 Å². The van der Waals surface area contributed by atoms with E-state index in [4.69, 9.17) is 4.52 Å². The van der Waals surface area contributed by atoms with Crippen molar-refractivity contribution in [2.24, 2.45) is 5.92 Å². The number of anilines is 1. The smallest absolute Gasteiger partial charge is 0.241 e. The summed E-state index contributed by atoms with van der Waals surface area (Å²) >= 11 is 2.27. The van der Waals surface area contributed by atoms with Crippen molar-refractivity contribution in [1.29, 1.82) is 0 Å². The maximum absolute atomic E-state index is 13.1. The molecule has 0 unspecified atom stereocenters. The van der Waals surface area contributed by atoms with Crippen LogP contribution in [0.1, 0.15) is 24.3 Å². The Morgan fingerprint density at radius 2 is 1.97 bits per heavy atom. The quantitative estimate of drug-likeness (QED) is 0.497. The lowest BCUT2D eigenvalue weighted by Crippen LogP contribution is -2.37. The first-order valence-electron chi connectivity index (χ1n) is 9.86. The van der Waals surface area contributed by atoms with Gasteiger partial charge >= 0.3 is 0 Å². The summed E-state index contributed by atoms with van der Waals surface area (Å²) in [6, 6.07) is 12.0. The molecule has 2 aromatic carbocycles. The van der Waals surface area contributed by atoms with E-state index in [0.717, 1.165) is 40.8 Å². The zero-order chi connectivity index (χ0) is 21.1. The van der Waals surface area contributed by atoms with Crippen molar-refractivity contribution in [3.05, 3.63) is 63.3 Å². The molecule has 0 aliphatic carbocycles. The molecule has 1 N–H and O–H groups in total. The van der Waals surface area contributed by atoms with Crippen LogP contribution in [0, 0.1) is 22.2 Å². The Bertz CT molecular complexity index is 1030. The van der Waals surface area contributed by atoms with Crippen molar-refractivity contribution in [3.8, 4) is 11.4 Å². The first-order valence-corrected chi connectivity index (χ1v) is 10.9. The molecule has 8 heteroatoms. The highest BCUT2D eigenvalue weighted by atomic mass is 127. The number of piperidine rings is 1. The Hall–Kier alpha value is -2.33. The molecule has 0 atom stereocenters. The van der Waals surface area contributed by atoms with Gasteiger partial charge in [0, 0.05) is 20.7 Å². The van der Waals surface area contributed by atoms with Crippen LogP contribution in [-0.4, -0.2) is 34.0 Å². The number of aromatic nitrogens is 2. The van der Waals surface area contributed by atoms with Gasteiger partial charge in [0.05, 0.1) is 6.54 Å². The molecule has 0 saturated carbocycles. The van der Waals surface area contributed by atoms with Gasteiger partial charge in [-0.05, 0) is 103 Å². The van der Waals surface area contributed by atoms with E-state index in [1.165, 1.54) is 12.1 Å². The molecule has 3 aromatic rings. The number of hydrogen-bond acceptors (Lipinski definition) is 5. The standard InChI is InChI=1S/C22H22FIN4O2/c1-14-12-18(24)6-7-19(14)25-22(29)16-8-10-28(11-9-16)13-20-26-21(27-30-20)15-2-4-17(23)5-3-15/h2-7,12,16H,8-11,13H2,1H3,(H,25,29). The molecule has 1 aliphatic heterocycles. The summed E-state index contributed by atoms with van der Waals surface area (Å²) in [4.78, 5) is 19.3. The third kappa shape index (κ3) is 5.04. The second-order valence-corrected chi connectivity index (χ2v) is 8.76. The molecule has 30 heavy (non-hydrogen) atoms. The molecule has 0 spiro atoms. The Labute approximate surface area is 188 Å². The minimum Gasteiger partial charge on any atom is -0.338 e. The van der Waals surface area contributed by atoms with Gasteiger partial charge in [0.15, 0.2) is 0 Å². The number of halogens is 2. The molecule has 1 fully saturated rings. The highest BCUT2D eigenvalue weighted by Crippen LogP contribution is 2.24. The zero-order valence-electron chi connectivity index (χ0n) is 16.6. The fourth-order valence-corrected chi connectivity index (χ4v) is 4.23. The first-order chi connectivity index (χ1) is 14.5. The summed E-state index contributed by atoms with van der Waals surface area (Å²) in [5, 5.41) is 7.05. The maximum Gasteiger partial charge on any atom is 0.241 e. The third-order valence-corrected chi connectivity index (χ3v) is 6.01. The molecule has 6 nitrogen and oxygen atoms in total. The molecule has 1 saturated heterocycles. The van der Waals surface area contributed by atoms with Gasteiger partial charge in [-0.3, -0.25) is 9.69 Å². The molecule has 0 radical (unpaired) electrons. The van der Waals surface area contributed by atoms with Gasteiger partial charge in [-0.2, -0.15) is 4.98 Å². The van der Waals surface area contributed by atoms with Crippen LogP contribution < -0.4 is 5.32 Å². The second-order valence-electron chi connectivity index (χ2n) is 7.52. The summed E-state index contributed by atoms with van der Waals surface area (Å²) in [6.45, 7) is 4.12. The monoisotopic (exact) mass is 520 g/mol. The number of nitrogens with zero attached hydrogens (tertiary/aromatic N) is 3. The van der Waals surface area contributed by atoms with Crippen molar-refractivity contribution >= 4 is 34.2 Å². The van der Waals surface area contributed by atoms with E-state index in [1.54, 1.807) is 12.1 Å². The highest BCUT2D eigenvalue weighted by molar-refractivity contribution is 14.1. The van der Waals surface area contributed by atoms with Gasteiger partial charge in [0.1, 0.15) is 5.82 Å². The number of carbonyl (C=O) groups excluding carboxylic acids is 1. The van der Waals surface area contributed by atoms with Crippen LogP contribution in [0.5, 0.6) is 0 Å². The average molecular weight is 520 g/mol.